The summed E-state index contributed by atoms with van der Waals surface area (Å²) in [4.78, 5) is 25.0. The van der Waals surface area contributed by atoms with Crippen LogP contribution in [-0.2, 0) is 9.59 Å². The van der Waals surface area contributed by atoms with E-state index in [9.17, 15) is 9.59 Å². The minimum absolute atomic E-state index is 0.118. The second-order valence-electron chi connectivity index (χ2n) is 4.64. The number of carboxylic acid groups (broad SMARTS) is 1. The lowest BCUT2D eigenvalue weighted by Crippen LogP contribution is -2.27. The Morgan fingerprint density at radius 1 is 1.50 bits per heavy atom. The van der Waals surface area contributed by atoms with E-state index in [0.717, 1.165) is 5.56 Å². The van der Waals surface area contributed by atoms with Gasteiger partial charge in [0.2, 0.25) is 0 Å². The highest BCUT2D eigenvalue weighted by Gasteiger charge is 2.30. The number of carboxylic acids is 1. The van der Waals surface area contributed by atoms with Gasteiger partial charge in [-0.05, 0) is 53.3 Å². The van der Waals surface area contributed by atoms with Crippen molar-refractivity contribution in [3.05, 3.63) is 26.2 Å². The lowest BCUT2D eigenvalue weighted by molar-refractivity contribution is -0.139. The van der Waals surface area contributed by atoms with Crippen molar-refractivity contribution in [1.29, 1.82) is 0 Å². The molecule has 1 aromatic rings. The number of thiocarbonyl (C=S) groups is 1. The van der Waals surface area contributed by atoms with Crippen LogP contribution in [0.2, 0.25) is 0 Å². The van der Waals surface area contributed by atoms with Gasteiger partial charge >= 0.3 is 5.97 Å². The number of thioether (sulfide) groups is 1. The zero-order valence-corrected chi connectivity index (χ0v) is 16.7. The molecule has 128 valence electrons. The normalized spacial score (nSPS) is 16.0. The molecule has 9 heteroatoms. The molecule has 0 atom stereocenters. The third-order valence-electron chi connectivity index (χ3n) is 3.08. The molecule has 0 bridgehead atoms. The molecule has 1 N–H and O–H groups in total. The highest BCUT2D eigenvalue weighted by molar-refractivity contribution is 14.1. The number of halogens is 1. The number of nitrogens with zero attached hydrogens (tertiary/aromatic N) is 1. The number of likely N-dealkylation sites (N-methyl/N-ethyl adjacent to an activating group) is 1. The first-order valence-corrected chi connectivity index (χ1v) is 9.15. The first kappa shape index (κ1) is 19.0. The van der Waals surface area contributed by atoms with Crippen LogP contribution >= 0.6 is 46.6 Å². The van der Waals surface area contributed by atoms with Crippen LogP contribution in [-0.4, -0.2) is 46.5 Å². The van der Waals surface area contributed by atoms with E-state index in [-0.39, 0.29) is 5.91 Å². The Kier molecular flexibility index (Phi) is 6.47. The van der Waals surface area contributed by atoms with Gasteiger partial charge in [0.15, 0.2) is 18.1 Å². The van der Waals surface area contributed by atoms with Crippen LogP contribution in [0, 0.1) is 3.57 Å². The smallest absolute Gasteiger partial charge is 0.341 e. The summed E-state index contributed by atoms with van der Waals surface area (Å²) in [6.45, 7) is 1.94. The van der Waals surface area contributed by atoms with E-state index in [4.69, 9.17) is 26.8 Å². The number of aliphatic carboxylic acids is 1. The summed E-state index contributed by atoms with van der Waals surface area (Å²) >= 11 is 8.48. The minimum atomic E-state index is -1.07. The van der Waals surface area contributed by atoms with Crippen LogP contribution in [0.25, 0.3) is 6.08 Å². The predicted octanol–water partition coefficient (Wildman–Crippen LogP) is 2.98. The number of hydrogen-bond donors (Lipinski definition) is 1. The monoisotopic (exact) mass is 479 g/mol. The van der Waals surface area contributed by atoms with Gasteiger partial charge in [-0.1, -0.05) is 24.0 Å². The standard InChI is InChI=1S/C15H14INO5S2/c1-3-17-14(20)11(24-15(17)23)6-8-4-9(16)13(10(5-8)21-2)22-7-12(18)19/h4-6H,3,7H2,1-2H3,(H,18,19)/b11-6-. The third-order valence-corrected chi connectivity index (χ3v) is 5.26. The van der Waals surface area contributed by atoms with Crippen LogP contribution < -0.4 is 9.47 Å². The molecule has 0 aliphatic carbocycles. The van der Waals surface area contributed by atoms with Crippen LogP contribution in [0.4, 0.5) is 0 Å². The minimum Gasteiger partial charge on any atom is -0.493 e. The number of benzene rings is 1. The zero-order chi connectivity index (χ0) is 17.9. The van der Waals surface area contributed by atoms with Crippen molar-refractivity contribution in [3.8, 4) is 11.5 Å². The molecular formula is C15H14INO5S2. The van der Waals surface area contributed by atoms with Gasteiger partial charge < -0.3 is 14.6 Å². The second-order valence-corrected chi connectivity index (χ2v) is 7.48. The fourth-order valence-electron chi connectivity index (χ4n) is 2.02. The van der Waals surface area contributed by atoms with Crippen molar-refractivity contribution < 1.29 is 24.2 Å². The lowest BCUT2D eigenvalue weighted by atomic mass is 10.2. The van der Waals surface area contributed by atoms with Gasteiger partial charge in [-0.15, -0.1) is 0 Å². The average molecular weight is 479 g/mol. The quantitative estimate of drug-likeness (QED) is 0.382. The van der Waals surface area contributed by atoms with Gasteiger partial charge in [-0.25, -0.2) is 4.79 Å². The molecule has 1 aliphatic heterocycles. The van der Waals surface area contributed by atoms with Gasteiger partial charge in [0.25, 0.3) is 5.91 Å². The van der Waals surface area contributed by atoms with Crippen molar-refractivity contribution in [1.82, 2.24) is 4.90 Å². The highest BCUT2D eigenvalue weighted by atomic mass is 127. The van der Waals surface area contributed by atoms with E-state index >= 15 is 0 Å². The molecule has 0 saturated carbocycles. The van der Waals surface area contributed by atoms with E-state index < -0.39 is 12.6 Å². The molecular weight excluding hydrogens is 465 g/mol. The first-order valence-electron chi connectivity index (χ1n) is 6.84. The molecule has 0 spiro atoms. The number of carbonyl (C=O) groups is 2. The van der Waals surface area contributed by atoms with Gasteiger partial charge in [-0.2, -0.15) is 0 Å². The van der Waals surface area contributed by atoms with Crippen molar-refractivity contribution in [2.24, 2.45) is 0 Å². The molecule has 1 saturated heterocycles. The molecule has 2 rings (SSSR count). The molecule has 1 aliphatic rings. The molecule has 1 fully saturated rings. The van der Waals surface area contributed by atoms with E-state index in [1.54, 1.807) is 23.1 Å². The Morgan fingerprint density at radius 3 is 2.75 bits per heavy atom. The number of rotatable bonds is 6. The van der Waals surface area contributed by atoms with Crippen LogP contribution in [0.5, 0.6) is 11.5 Å². The zero-order valence-electron chi connectivity index (χ0n) is 12.9. The van der Waals surface area contributed by atoms with E-state index in [1.165, 1.54) is 18.9 Å². The molecule has 1 amide bonds. The predicted molar refractivity (Wildman–Crippen MR) is 104 cm³/mol. The van der Waals surface area contributed by atoms with Crippen LogP contribution in [0.3, 0.4) is 0 Å². The van der Waals surface area contributed by atoms with Gasteiger partial charge in [-0.3, -0.25) is 9.69 Å². The topological polar surface area (TPSA) is 76.1 Å². The fraction of sp³-hybridized carbons (Fsp3) is 0.267. The van der Waals surface area contributed by atoms with Gasteiger partial charge in [0.1, 0.15) is 4.32 Å². The summed E-state index contributed by atoms with van der Waals surface area (Å²) in [7, 11) is 1.47. The van der Waals surface area contributed by atoms with Crippen molar-refractivity contribution in [2.75, 3.05) is 20.3 Å². The molecule has 1 heterocycles. The van der Waals surface area contributed by atoms with E-state index in [2.05, 4.69) is 0 Å². The van der Waals surface area contributed by atoms with E-state index in [0.29, 0.717) is 30.8 Å². The maximum Gasteiger partial charge on any atom is 0.341 e. The third kappa shape index (κ3) is 4.19. The highest BCUT2D eigenvalue weighted by Crippen LogP contribution is 2.37. The summed E-state index contributed by atoms with van der Waals surface area (Å²) in [6.07, 6.45) is 1.74. The van der Waals surface area contributed by atoms with Gasteiger partial charge in [0, 0.05) is 6.54 Å². The lowest BCUT2D eigenvalue weighted by Gasteiger charge is -2.12. The average Bonchev–Trinajstić information content (AvgIpc) is 2.79. The number of methoxy groups -OCH3 is 1. The second kappa shape index (κ2) is 8.17. The molecule has 1 aromatic carbocycles. The Morgan fingerprint density at radius 2 is 2.21 bits per heavy atom. The Hall–Kier alpha value is -1.33. The molecule has 6 nitrogen and oxygen atoms in total. The van der Waals surface area contributed by atoms with Crippen LogP contribution in [0.15, 0.2) is 17.0 Å². The largest absolute Gasteiger partial charge is 0.493 e. The van der Waals surface area contributed by atoms with Crippen molar-refractivity contribution in [3.63, 3.8) is 0 Å². The van der Waals surface area contributed by atoms with Crippen molar-refractivity contribution >= 4 is 68.8 Å². The summed E-state index contributed by atoms with van der Waals surface area (Å²) in [6, 6.07) is 3.48. The molecule has 0 unspecified atom stereocenters. The fourth-order valence-corrected chi connectivity index (χ4v) is 4.19. The summed E-state index contributed by atoms with van der Waals surface area (Å²) in [5.41, 5.74) is 0.746. The Labute approximate surface area is 162 Å². The van der Waals surface area contributed by atoms with Gasteiger partial charge in [0.05, 0.1) is 15.6 Å². The summed E-state index contributed by atoms with van der Waals surface area (Å²) in [5, 5.41) is 8.74. The number of ether oxygens (including phenoxy) is 2. The maximum absolute atomic E-state index is 12.3. The summed E-state index contributed by atoms with van der Waals surface area (Å²) < 4.78 is 11.8. The number of hydrogen-bond acceptors (Lipinski definition) is 6. The first-order chi connectivity index (χ1) is 11.4. The summed E-state index contributed by atoms with van der Waals surface area (Å²) in [5.74, 6) is -0.424. The van der Waals surface area contributed by atoms with E-state index in [1.807, 2.05) is 29.5 Å². The SMILES string of the molecule is CCN1C(=O)/C(=C/c2cc(I)c(OCC(=O)O)c(OC)c2)SC1=S. The van der Waals surface area contributed by atoms with Crippen LogP contribution in [0.1, 0.15) is 12.5 Å². The molecule has 0 aromatic heterocycles. The van der Waals surface area contributed by atoms with Crippen molar-refractivity contribution in [2.45, 2.75) is 6.92 Å². The Bertz CT molecular complexity index is 735. The maximum atomic E-state index is 12.3. The Balaban J connectivity index is 2.34. The molecule has 0 radical (unpaired) electrons. The number of amides is 1. The molecule has 24 heavy (non-hydrogen) atoms. The number of carbonyl (C=O) groups excluding carboxylic acids is 1.